The molecule has 138 valence electrons. The fraction of sp³-hybridized carbons (Fsp3) is 0.429. The minimum absolute atomic E-state index is 0.0780. The van der Waals surface area contributed by atoms with Crippen molar-refractivity contribution in [3.63, 3.8) is 0 Å². The van der Waals surface area contributed by atoms with Crippen molar-refractivity contribution < 1.29 is 9.53 Å². The molecular formula is C21H27N3O2. The van der Waals surface area contributed by atoms with Crippen LogP contribution >= 0.6 is 0 Å². The number of piperidine rings is 1. The molecule has 0 radical (unpaired) electrons. The second kappa shape index (κ2) is 8.32. The lowest BCUT2D eigenvalue weighted by atomic mass is 9.92. The van der Waals surface area contributed by atoms with E-state index in [-0.39, 0.29) is 11.9 Å². The summed E-state index contributed by atoms with van der Waals surface area (Å²) in [6.07, 6.45) is 3.83. The minimum Gasteiger partial charge on any atom is -0.487 e. The number of carbonyl (C=O) groups excluding carboxylic acids is 1. The highest BCUT2D eigenvalue weighted by atomic mass is 16.5. The molecule has 2 heterocycles. The molecule has 0 saturated carbocycles. The van der Waals surface area contributed by atoms with Crippen LogP contribution in [0.3, 0.4) is 0 Å². The van der Waals surface area contributed by atoms with Gasteiger partial charge in [0.25, 0.3) is 5.91 Å². The zero-order valence-electron chi connectivity index (χ0n) is 15.5. The molecule has 2 aromatic rings. The van der Waals surface area contributed by atoms with Crippen molar-refractivity contribution in [1.29, 1.82) is 0 Å². The van der Waals surface area contributed by atoms with Gasteiger partial charge in [-0.1, -0.05) is 12.1 Å². The molecule has 1 aliphatic rings. The van der Waals surface area contributed by atoms with Crippen LogP contribution in [-0.4, -0.2) is 34.9 Å². The third-order valence-electron chi connectivity index (χ3n) is 4.95. The maximum Gasteiger partial charge on any atom is 0.253 e. The van der Waals surface area contributed by atoms with Crippen molar-refractivity contribution in [2.24, 2.45) is 11.7 Å². The summed E-state index contributed by atoms with van der Waals surface area (Å²) in [4.78, 5) is 19.0. The fourth-order valence-electron chi connectivity index (χ4n) is 3.31. The van der Waals surface area contributed by atoms with Crippen LogP contribution in [0.2, 0.25) is 0 Å². The Bertz CT molecular complexity index is 743. The summed E-state index contributed by atoms with van der Waals surface area (Å²) in [6.45, 7) is 5.92. The number of hydrogen-bond acceptors (Lipinski definition) is 4. The average Bonchev–Trinajstić information content (AvgIpc) is 2.67. The molecule has 26 heavy (non-hydrogen) atoms. The first-order valence-corrected chi connectivity index (χ1v) is 9.22. The second-order valence-electron chi connectivity index (χ2n) is 7.14. The smallest absolute Gasteiger partial charge is 0.253 e. The van der Waals surface area contributed by atoms with Gasteiger partial charge in [-0.3, -0.25) is 9.78 Å². The molecule has 1 amide bonds. The molecule has 1 saturated heterocycles. The zero-order valence-corrected chi connectivity index (χ0v) is 15.5. The van der Waals surface area contributed by atoms with Crippen LogP contribution in [-0.2, 0) is 6.61 Å². The lowest BCUT2D eigenvalue weighted by Crippen LogP contribution is -2.45. The predicted octanol–water partition coefficient (Wildman–Crippen LogP) is 3.17. The molecule has 1 aliphatic heterocycles. The van der Waals surface area contributed by atoms with Crippen molar-refractivity contribution >= 4 is 5.91 Å². The van der Waals surface area contributed by atoms with Crippen LogP contribution in [0.15, 0.2) is 42.6 Å². The van der Waals surface area contributed by atoms with Gasteiger partial charge in [0.05, 0.1) is 6.20 Å². The van der Waals surface area contributed by atoms with E-state index >= 15 is 0 Å². The van der Waals surface area contributed by atoms with Gasteiger partial charge in [0.15, 0.2) is 0 Å². The third-order valence-corrected chi connectivity index (χ3v) is 4.95. The molecule has 5 heteroatoms. The summed E-state index contributed by atoms with van der Waals surface area (Å²) in [6, 6.07) is 11.6. The van der Waals surface area contributed by atoms with Crippen LogP contribution in [0.5, 0.6) is 5.75 Å². The third kappa shape index (κ3) is 4.61. The van der Waals surface area contributed by atoms with Gasteiger partial charge in [0, 0.05) is 30.4 Å². The van der Waals surface area contributed by atoms with Crippen molar-refractivity contribution in [2.45, 2.75) is 39.3 Å². The normalized spacial score (nSPS) is 18.4. The van der Waals surface area contributed by atoms with Crippen molar-refractivity contribution in [3.05, 3.63) is 59.4 Å². The van der Waals surface area contributed by atoms with Gasteiger partial charge in [-0.05, 0) is 62.4 Å². The van der Waals surface area contributed by atoms with E-state index in [9.17, 15) is 4.79 Å². The number of pyridine rings is 1. The Morgan fingerprint density at radius 2 is 2.23 bits per heavy atom. The molecule has 2 atom stereocenters. The number of hydrogen-bond donors (Lipinski definition) is 1. The highest BCUT2D eigenvalue weighted by Gasteiger charge is 2.26. The summed E-state index contributed by atoms with van der Waals surface area (Å²) in [7, 11) is 0. The first-order chi connectivity index (χ1) is 12.5. The highest BCUT2D eigenvalue weighted by molar-refractivity contribution is 5.94. The van der Waals surface area contributed by atoms with Crippen LogP contribution in [0.25, 0.3) is 0 Å². The van der Waals surface area contributed by atoms with Crippen molar-refractivity contribution in [2.75, 3.05) is 13.1 Å². The molecule has 1 fully saturated rings. The summed E-state index contributed by atoms with van der Waals surface area (Å²) >= 11 is 0. The lowest BCUT2D eigenvalue weighted by Gasteiger charge is -2.34. The summed E-state index contributed by atoms with van der Waals surface area (Å²) in [5, 5.41) is 0. The highest BCUT2D eigenvalue weighted by Crippen LogP contribution is 2.21. The molecule has 5 nitrogen and oxygen atoms in total. The Hall–Kier alpha value is -2.40. The van der Waals surface area contributed by atoms with E-state index < -0.39 is 0 Å². The standard InChI is InChI=1S/C21H27N3O2/c1-15-8-9-20(12-23-15)26-14-17-5-3-6-18(11-17)21(25)24-10-4-7-19(13-24)16(2)22/h3,5-6,8-9,11-12,16,19H,4,7,10,13-14,22H2,1-2H3. The number of likely N-dealkylation sites (tertiary alicyclic amines) is 1. The number of aryl methyl sites for hydroxylation is 1. The van der Waals surface area contributed by atoms with E-state index in [0.717, 1.165) is 42.9 Å². The summed E-state index contributed by atoms with van der Waals surface area (Å²) < 4.78 is 5.77. The Labute approximate surface area is 155 Å². The Morgan fingerprint density at radius 3 is 2.96 bits per heavy atom. The van der Waals surface area contributed by atoms with Gasteiger partial charge in [0.1, 0.15) is 12.4 Å². The van der Waals surface area contributed by atoms with Gasteiger partial charge in [-0.15, -0.1) is 0 Å². The van der Waals surface area contributed by atoms with E-state index in [0.29, 0.717) is 18.1 Å². The SMILES string of the molecule is Cc1ccc(OCc2cccc(C(=O)N3CCCC(C(C)N)C3)c2)cn1. The molecular weight excluding hydrogens is 326 g/mol. The Kier molecular flexibility index (Phi) is 5.89. The molecule has 0 bridgehead atoms. The average molecular weight is 353 g/mol. The van der Waals surface area contributed by atoms with E-state index in [1.165, 1.54) is 0 Å². The van der Waals surface area contributed by atoms with Crippen LogP contribution in [0.4, 0.5) is 0 Å². The number of amides is 1. The maximum atomic E-state index is 12.9. The number of aromatic nitrogens is 1. The van der Waals surface area contributed by atoms with Gasteiger partial charge < -0.3 is 15.4 Å². The largest absolute Gasteiger partial charge is 0.487 e. The Morgan fingerprint density at radius 1 is 1.38 bits per heavy atom. The van der Waals surface area contributed by atoms with Crippen molar-refractivity contribution in [3.8, 4) is 5.75 Å². The molecule has 2 unspecified atom stereocenters. The van der Waals surface area contributed by atoms with E-state index in [4.69, 9.17) is 10.5 Å². The fourth-order valence-corrected chi connectivity index (χ4v) is 3.31. The maximum absolute atomic E-state index is 12.9. The van der Waals surface area contributed by atoms with Gasteiger partial charge in [-0.2, -0.15) is 0 Å². The van der Waals surface area contributed by atoms with Gasteiger partial charge in [0.2, 0.25) is 0 Å². The number of carbonyl (C=O) groups is 1. The number of rotatable bonds is 5. The van der Waals surface area contributed by atoms with Crippen molar-refractivity contribution in [1.82, 2.24) is 9.88 Å². The Balaban J connectivity index is 1.64. The minimum atomic E-state index is 0.0780. The number of nitrogens with two attached hydrogens (primary N) is 1. The lowest BCUT2D eigenvalue weighted by molar-refractivity contribution is 0.0661. The quantitative estimate of drug-likeness (QED) is 0.896. The number of benzene rings is 1. The van der Waals surface area contributed by atoms with Crippen LogP contribution in [0, 0.1) is 12.8 Å². The predicted molar refractivity (Wildman–Crippen MR) is 102 cm³/mol. The topological polar surface area (TPSA) is 68.5 Å². The molecule has 1 aromatic heterocycles. The summed E-state index contributed by atoms with van der Waals surface area (Å²) in [5.74, 6) is 1.19. The number of nitrogens with zero attached hydrogens (tertiary/aromatic N) is 2. The van der Waals surface area contributed by atoms with E-state index in [1.54, 1.807) is 6.20 Å². The van der Waals surface area contributed by atoms with Gasteiger partial charge in [-0.25, -0.2) is 0 Å². The first kappa shape index (κ1) is 18.4. The number of ether oxygens (including phenoxy) is 1. The van der Waals surface area contributed by atoms with Gasteiger partial charge >= 0.3 is 0 Å². The zero-order chi connectivity index (χ0) is 18.5. The van der Waals surface area contributed by atoms with E-state index in [1.807, 2.05) is 55.1 Å². The second-order valence-corrected chi connectivity index (χ2v) is 7.14. The van der Waals surface area contributed by atoms with Crippen LogP contribution in [0.1, 0.15) is 41.4 Å². The molecule has 1 aromatic carbocycles. The molecule has 3 rings (SSSR count). The molecule has 0 aliphatic carbocycles. The monoisotopic (exact) mass is 353 g/mol. The molecule has 2 N–H and O–H groups in total. The first-order valence-electron chi connectivity index (χ1n) is 9.22. The summed E-state index contributed by atoms with van der Waals surface area (Å²) in [5.41, 5.74) is 8.67. The van der Waals surface area contributed by atoms with E-state index in [2.05, 4.69) is 4.98 Å². The van der Waals surface area contributed by atoms with Crippen LogP contribution < -0.4 is 10.5 Å². The molecule has 0 spiro atoms.